The van der Waals surface area contributed by atoms with Crippen molar-refractivity contribution < 1.29 is 4.74 Å². The van der Waals surface area contributed by atoms with Crippen LogP contribution in [0.15, 0.2) is 0 Å². The Morgan fingerprint density at radius 3 is 2.52 bits per heavy atom. The van der Waals surface area contributed by atoms with Crippen LogP contribution in [0.2, 0.25) is 0 Å². The fraction of sp³-hybridized carbons (Fsp3) is 1.00. The number of methoxy groups -OCH3 is 1. The summed E-state index contributed by atoms with van der Waals surface area (Å²) in [5.74, 6) is 1.72. The Hall–Kier alpha value is -0.120. The van der Waals surface area contributed by atoms with Crippen molar-refractivity contribution in [1.29, 1.82) is 0 Å². The summed E-state index contributed by atoms with van der Waals surface area (Å²) in [6.07, 6.45) is 8.15. The van der Waals surface area contributed by atoms with Crippen molar-refractivity contribution >= 4 is 0 Å². The molecule has 2 rings (SSSR count). The first-order valence-corrected chi connectivity index (χ1v) is 9.15. The lowest BCUT2D eigenvalue weighted by molar-refractivity contribution is 0.0535. The van der Waals surface area contributed by atoms with Crippen molar-refractivity contribution in [2.45, 2.75) is 77.4 Å². The van der Waals surface area contributed by atoms with Crippen molar-refractivity contribution in [2.24, 2.45) is 11.8 Å². The molecule has 0 heterocycles. The van der Waals surface area contributed by atoms with Gasteiger partial charge < -0.3 is 10.1 Å². The molecule has 0 saturated heterocycles. The van der Waals surface area contributed by atoms with E-state index in [0.29, 0.717) is 6.04 Å². The van der Waals surface area contributed by atoms with Crippen LogP contribution < -0.4 is 5.32 Å². The van der Waals surface area contributed by atoms with Crippen LogP contribution in [0.3, 0.4) is 0 Å². The maximum Gasteiger partial charge on any atom is 0.0589 e. The minimum absolute atomic E-state index is 0.692. The molecule has 21 heavy (non-hydrogen) atoms. The molecule has 3 heteroatoms. The number of rotatable bonds is 9. The topological polar surface area (TPSA) is 24.5 Å². The van der Waals surface area contributed by atoms with Crippen molar-refractivity contribution in [2.75, 3.05) is 26.8 Å². The van der Waals surface area contributed by atoms with Crippen LogP contribution in [0, 0.1) is 11.8 Å². The van der Waals surface area contributed by atoms with Crippen LogP contribution in [0.4, 0.5) is 0 Å². The maximum absolute atomic E-state index is 5.37. The lowest BCUT2D eigenvalue weighted by Gasteiger charge is -2.44. The molecule has 3 atom stereocenters. The first-order chi connectivity index (χ1) is 10.2. The molecule has 0 spiro atoms. The maximum atomic E-state index is 5.37. The van der Waals surface area contributed by atoms with Gasteiger partial charge in [0.1, 0.15) is 0 Å². The summed E-state index contributed by atoms with van der Waals surface area (Å²) in [5.41, 5.74) is 0. The first kappa shape index (κ1) is 17.2. The molecule has 2 aliphatic rings. The summed E-state index contributed by atoms with van der Waals surface area (Å²) >= 11 is 0. The van der Waals surface area contributed by atoms with E-state index in [1.54, 1.807) is 0 Å². The Morgan fingerprint density at radius 2 is 1.95 bits per heavy atom. The molecule has 3 unspecified atom stereocenters. The van der Waals surface area contributed by atoms with Gasteiger partial charge in [0.15, 0.2) is 0 Å². The minimum Gasteiger partial charge on any atom is -0.383 e. The van der Waals surface area contributed by atoms with Gasteiger partial charge in [-0.3, -0.25) is 4.90 Å². The van der Waals surface area contributed by atoms with E-state index in [0.717, 1.165) is 43.6 Å². The van der Waals surface area contributed by atoms with Crippen molar-refractivity contribution in [1.82, 2.24) is 10.2 Å². The Balaban J connectivity index is 2.02. The smallest absolute Gasteiger partial charge is 0.0589 e. The predicted octanol–water partition coefficient (Wildman–Crippen LogP) is 3.29. The van der Waals surface area contributed by atoms with E-state index in [4.69, 9.17) is 4.74 Å². The van der Waals surface area contributed by atoms with Gasteiger partial charge in [-0.1, -0.05) is 20.8 Å². The zero-order valence-corrected chi connectivity index (χ0v) is 14.6. The summed E-state index contributed by atoms with van der Waals surface area (Å²) in [6, 6.07) is 2.25. The molecule has 0 amide bonds. The van der Waals surface area contributed by atoms with Gasteiger partial charge in [-0.05, 0) is 56.9 Å². The van der Waals surface area contributed by atoms with E-state index in [9.17, 15) is 0 Å². The molecule has 3 nitrogen and oxygen atoms in total. The minimum atomic E-state index is 0.692. The first-order valence-electron chi connectivity index (χ1n) is 9.15. The number of ether oxygens (including phenoxy) is 1. The molecule has 124 valence electrons. The summed E-state index contributed by atoms with van der Waals surface area (Å²) in [5, 5.41) is 3.84. The van der Waals surface area contributed by atoms with Crippen LogP contribution in [0.5, 0.6) is 0 Å². The van der Waals surface area contributed by atoms with E-state index in [1.165, 1.54) is 38.5 Å². The van der Waals surface area contributed by atoms with Gasteiger partial charge in [0.05, 0.1) is 6.61 Å². The average molecular weight is 296 g/mol. The Bertz CT molecular complexity index is 291. The van der Waals surface area contributed by atoms with E-state index < -0.39 is 0 Å². The Kier molecular flexibility index (Phi) is 6.97. The van der Waals surface area contributed by atoms with Gasteiger partial charge in [-0.25, -0.2) is 0 Å². The number of hydrogen-bond acceptors (Lipinski definition) is 3. The third-order valence-electron chi connectivity index (χ3n) is 5.45. The van der Waals surface area contributed by atoms with Crippen LogP contribution in [0.1, 0.15) is 59.3 Å². The summed E-state index contributed by atoms with van der Waals surface area (Å²) in [6.45, 7) is 10.2. The molecule has 0 aromatic heterocycles. The van der Waals surface area contributed by atoms with Crippen LogP contribution in [-0.4, -0.2) is 49.8 Å². The Labute approximate surface area is 131 Å². The van der Waals surface area contributed by atoms with Gasteiger partial charge in [0.2, 0.25) is 0 Å². The highest BCUT2D eigenvalue weighted by atomic mass is 16.5. The SMILES string of the molecule is CCCNC1CCC(C(C)C)CC1N(CCOC)C1CC1. The summed E-state index contributed by atoms with van der Waals surface area (Å²) < 4.78 is 5.37. The number of nitrogens with zero attached hydrogens (tertiary/aromatic N) is 1. The standard InChI is InChI=1S/C18H36N2O/c1-5-10-19-17-9-6-15(14(2)3)13-18(17)20(11-12-21-4)16-7-8-16/h14-19H,5-13H2,1-4H3. The van der Waals surface area contributed by atoms with Crippen LogP contribution >= 0.6 is 0 Å². The zero-order valence-electron chi connectivity index (χ0n) is 14.6. The van der Waals surface area contributed by atoms with Gasteiger partial charge in [-0.2, -0.15) is 0 Å². The van der Waals surface area contributed by atoms with E-state index in [-0.39, 0.29) is 0 Å². The molecule has 2 aliphatic carbocycles. The predicted molar refractivity (Wildman–Crippen MR) is 89.7 cm³/mol. The lowest BCUT2D eigenvalue weighted by atomic mass is 9.76. The van der Waals surface area contributed by atoms with E-state index in [1.807, 2.05) is 7.11 Å². The van der Waals surface area contributed by atoms with Crippen molar-refractivity contribution in [3.8, 4) is 0 Å². The second kappa shape index (κ2) is 8.50. The second-order valence-electron chi connectivity index (χ2n) is 7.41. The molecule has 0 aromatic carbocycles. The van der Waals surface area contributed by atoms with E-state index >= 15 is 0 Å². The summed E-state index contributed by atoms with van der Waals surface area (Å²) in [4.78, 5) is 2.78. The zero-order chi connectivity index (χ0) is 15.2. The van der Waals surface area contributed by atoms with Crippen LogP contribution in [-0.2, 0) is 4.74 Å². The normalized spacial score (nSPS) is 30.3. The highest BCUT2D eigenvalue weighted by molar-refractivity contribution is 4.97. The van der Waals surface area contributed by atoms with Gasteiger partial charge >= 0.3 is 0 Å². The monoisotopic (exact) mass is 296 g/mol. The third-order valence-corrected chi connectivity index (χ3v) is 5.45. The summed E-state index contributed by atoms with van der Waals surface area (Å²) in [7, 11) is 1.83. The Morgan fingerprint density at radius 1 is 1.19 bits per heavy atom. The van der Waals surface area contributed by atoms with Crippen LogP contribution in [0.25, 0.3) is 0 Å². The molecule has 0 radical (unpaired) electrons. The molecule has 0 aromatic rings. The molecular formula is C18H36N2O. The van der Waals surface area contributed by atoms with E-state index in [2.05, 4.69) is 31.0 Å². The second-order valence-corrected chi connectivity index (χ2v) is 7.41. The lowest BCUT2D eigenvalue weighted by Crippen LogP contribution is -2.55. The van der Waals surface area contributed by atoms with Gasteiger partial charge in [0.25, 0.3) is 0 Å². The molecule has 0 aliphatic heterocycles. The van der Waals surface area contributed by atoms with Gasteiger partial charge in [0, 0.05) is 31.8 Å². The fourth-order valence-electron chi connectivity index (χ4n) is 3.94. The van der Waals surface area contributed by atoms with Crippen molar-refractivity contribution in [3.63, 3.8) is 0 Å². The highest BCUT2D eigenvalue weighted by Crippen LogP contribution is 2.37. The van der Waals surface area contributed by atoms with Crippen molar-refractivity contribution in [3.05, 3.63) is 0 Å². The highest BCUT2D eigenvalue weighted by Gasteiger charge is 2.40. The fourth-order valence-corrected chi connectivity index (χ4v) is 3.94. The molecular weight excluding hydrogens is 260 g/mol. The molecule has 1 N–H and O–H groups in total. The van der Waals surface area contributed by atoms with Gasteiger partial charge in [-0.15, -0.1) is 0 Å². The molecule has 2 fully saturated rings. The molecule has 0 bridgehead atoms. The average Bonchev–Trinajstić information content (AvgIpc) is 3.30. The number of hydrogen-bond donors (Lipinski definition) is 1. The number of nitrogens with one attached hydrogen (secondary N) is 1. The molecule has 2 saturated carbocycles. The third kappa shape index (κ3) is 4.94. The largest absolute Gasteiger partial charge is 0.383 e. The quantitative estimate of drug-likeness (QED) is 0.706.